The van der Waals surface area contributed by atoms with E-state index < -0.39 is 6.04 Å². The second kappa shape index (κ2) is 8.77. The molecule has 7 heteroatoms. The van der Waals surface area contributed by atoms with Crippen molar-refractivity contribution in [2.75, 3.05) is 24.3 Å². The highest BCUT2D eigenvalue weighted by Crippen LogP contribution is 2.27. The summed E-state index contributed by atoms with van der Waals surface area (Å²) in [6.07, 6.45) is 1.32. The Bertz CT molecular complexity index is 941. The predicted molar refractivity (Wildman–Crippen MR) is 112 cm³/mol. The summed E-state index contributed by atoms with van der Waals surface area (Å²) in [5.41, 5.74) is 2.62. The summed E-state index contributed by atoms with van der Waals surface area (Å²) < 4.78 is 5.31. The van der Waals surface area contributed by atoms with Gasteiger partial charge in [0.15, 0.2) is 5.78 Å². The van der Waals surface area contributed by atoms with Gasteiger partial charge in [-0.3, -0.25) is 9.59 Å². The number of amides is 3. The van der Waals surface area contributed by atoms with Gasteiger partial charge in [-0.25, -0.2) is 4.79 Å². The number of ketones is 1. The Morgan fingerprint density at radius 3 is 2.62 bits per heavy atom. The van der Waals surface area contributed by atoms with Gasteiger partial charge in [0.05, 0.1) is 12.8 Å². The third-order valence-electron chi connectivity index (χ3n) is 4.95. The molecule has 0 bridgehead atoms. The van der Waals surface area contributed by atoms with Crippen molar-refractivity contribution in [3.8, 4) is 5.75 Å². The van der Waals surface area contributed by atoms with E-state index in [1.807, 2.05) is 19.1 Å². The average Bonchev–Trinajstić information content (AvgIpc) is 3.18. The van der Waals surface area contributed by atoms with Crippen LogP contribution in [0, 0.1) is 6.92 Å². The number of hydrogen-bond acceptors (Lipinski definition) is 4. The lowest BCUT2D eigenvalue weighted by Crippen LogP contribution is -2.45. The van der Waals surface area contributed by atoms with Gasteiger partial charge < -0.3 is 20.3 Å². The molecule has 0 aliphatic carbocycles. The van der Waals surface area contributed by atoms with Gasteiger partial charge in [0, 0.05) is 17.8 Å². The van der Waals surface area contributed by atoms with E-state index in [9.17, 15) is 14.4 Å². The molecule has 2 aromatic carbocycles. The van der Waals surface area contributed by atoms with Crippen LogP contribution in [0.3, 0.4) is 0 Å². The number of likely N-dealkylation sites (tertiary alicyclic amines) is 1. The Hall–Kier alpha value is -3.35. The first kappa shape index (κ1) is 20.4. The predicted octanol–water partition coefficient (Wildman–Crippen LogP) is 3.84. The van der Waals surface area contributed by atoms with Crippen molar-refractivity contribution < 1.29 is 19.1 Å². The summed E-state index contributed by atoms with van der Waals surface area (Å²) in [4.78, 5) is 38.7. The normalized spacial score (nSPS) is 15.7. The smallest absolute Gasteiger partial charge is 0.322 e. The zero-order valence-electron chi connectivity index (χ0n) is 16.8. The van der Waals surface area contributed by atoms with Crippen molar-refractivity contribution in [2.24, 2.45) is 0 Å². The van der Waals surface area contributed by atoms with Crippen LogP contribution in [0.15, 0.2) is 42.5 Å². The van der Waals surface area contributed by atoms with Crippen LogP contribution in [-0.2, 0) is 4.79 Å². The third kappa shape index (κ3) is 4.74. The standard InChI is InChI=1S/C22H25N3O4/c1-14-9-10-20(29-3)18(12-14)24-21(27)19-8-5-11-25(19)22(28)23-17-7-4-6-16(13-17)15(2)26/h4,6-7,9-10,12-13,19H,5,8,11H2,1-3H3,(H,23,28)(H,24,27)/t19-/m0/s1. The van der Waals surface area contributed by atoms with E-state index >= 15 is 0 Å². The number of carbonyl (C=O) groups is 3. The lowest BCUT2D eigenvalue weighted by atomic mass is 10.1. The number of carbonyl (C=O) groups excluding carboxylic acids is 3. The minimum Gasteiger partial charge on any atom is -0.495 e. The van der Waals surface area contributed by atoms with E-state index in [4.69, 9.17) is 4.74 Å². The Morgan fingerprint density at radius 1 is 1.10 bits per heavy atom. The molecule has 1 aliphatic heterocycles. The Labute approximate surface area is 170 Å². The Balaban J connectivity index is 1.71. The van der Waals surface area contributed by atoms with Gasteiger partial charge in [-0.1, -0.05) is 18.2 Å². The lowest BCUT2D eigenvalue weighted by Gasteiger charge is -2.24. The van der Waals surface area contributed by atoms with Gasteiger partial charge in [0.25, 0.3) is 0 Å². The summed E-state index contributed by atoms with van der Waals surface area (Å²) in [7, 11) is 1.55. The summed E-state index contributed by atoms with van der Waals surface area (Å²) in [6, 6.07) is 11.4. The average molecular weight is 395 g/mol. The van der Waals surface area contributed by atoms with E-state index in [0.29, 0.717) is 35.7 Å². The summed E-state index contributed by atoms with van der Waals surface area (Å²) in [5.74, 6) is 0.240. The number of benzene rings is 2. The molecule has 1 fully saturated rings. The highest BCUT2D eigenvalue weighted by Gasteiger charge is 2.34. The summed E-state index contributed by atoms with van der Waals surface area (Å²) in [6.45, 7) is 3.89. The number of ether oxygens (including phenoxy) is 1. The van der Waals surface area contributed by atoms with Gasteiger partial charge >= 0.3 is 6.03 Å². The fourth-order valence-electron chi connectivity index (χ4n) is 3.43. The number of aryl methyl sites for hydroxylation is 1. The molecule has 1 saturated heterocycles. The fourth-order valence-corrected chi connectivity index (χ4v) is 3.43. The first-order valence-corrected chi connectivity index (χ1v) is 9.53. The van der Waals surface area contributed by atoms with Crippen LogP contribution < -0.4 is 15.4 Å². The SMILES string of the molecule is COc1ccc(C)cc1NC(=O)[C@@H]1CCCN1C(=O)Nc1cccc(C(C)=O)c1. The number of nitrogens with one attached hydrogen (secondary N) is 2. The molecule has 1 atom stereocenters. The first-order chi connectivity index (χ1) is 13.9. The Morgan fingerprint density at radius 2 is 1.90 bits per heavy atom. The molecular weight excluding hydrogens is 370 g/mol. The topological polar surface area (TPSA) is 87.7 Å². The number of Topliss-reactive ketones (excluding diaryl/α,β-unsaturated/α-hetero) is 1. The molecular formula is C22H25N3O4. The molecule has 152 valence electrons. The summed E-state index contributed by atoms with van der Waals surface area (Å²) >= 11 is 0. The largest absolute Gasteiger partial charge is 0.495 e. The van der Waals surface area contributed by atoms with Crippen LogP contribution in [0.5, 0.6) is 5.75 Å². The third-order valence-corrected chi connectivity index (χ3v) is 4.95. The molecule has 2 N–H and O–H groups in total. The molecule has 2 aromatic rings. The van der Waals surface area contributed by atoms with Crippen LogP contribution in [0.1, 0.15) is 35.7 Å². The molecule has 1 heterocycles. The maximum atomic E-state index is 12.9. The van der Waals surface area contributed by atoms with E-state index in [1.165, 1.54) is 11.8 Å². The van der Waals surface area contributed by atoms with Gasteiger partial charge in [0.2, 0.25) is 5.91 Å². The number of nitrogens with zero attached hydrogens (tertiary/aromatic N) is 1. The van der Waals surface area contributed by atoms with Crippen LogP contribution in [-0.4, -0.2) is 42.3 Å². The van der Waals surface area contributed by atoms with Crippen LogP contribution in [0.25, 0.3) is 0 Å². The first-order valence-electron chi connectivity index (χ1n) is 9.53. The van der Waals surface area contributed by atoms with Crippen LogP contribution in [0.2, 0.25) is 0 Å². The Kier molecular flexibility index (Phi) is 6.16. The van der Waals surface area contributed by atoms with Gasteiger partial charge in [-0.05, 0) is 56.5 Å². The maximum Gasteiger partial charge on any atom is 0.322 e. The monoisotopic (exact) mass is 395 g/mol. The quantitative estimate of drug-likeness (QED) is 0.753. The van der Waals surface area contributed by atoms with E-state index in [2.05, 4.69) is 10.6 Å². The number of rotatable bonds is 5. The van der Waals surface area contributed by atoms with Crippen molar-refractivity contribution in [1.29, 1.82) is 0 Å². The maximum absolute atomic E-state index is 12.9. The molecule has 0 radical (unpaired) electrons. The zero-order valence-corrected chi connectivity index (χ0v) is 16.8. The molecule has 3 amide bonds. The zero-order chi connectivity index (χ0) is 21.0. The number of urea groups is 1. The molecule has 1 aliphatic rings. The second-order valence-electron chi connectivity index (χ2n) is 7.11. The molecule has 0 unspecified atom stereocenters. The van der Waals surface area contributed by atoms with Gasteiger partial charge in [-0.15, -0.1) is 0 Å². The molecule has 0 saturated carbocycles. The minimum absolute atomic E-state index is 0.0772. The minimum atomic E-state index is -0.573. The van der Waals surface area contributed by atoms with Crippen molar-refractivity contribution in [3.63, 3.8) is 0 Å². The van der Waals surface area contributed by atoms with Crippen molar-refractivity contribution in [1.82, 2.24) is 4.90 Å². The van der Waals surface area contributed by atoms with Crippen molar-refractivity contribution in [2.45, 2.75) is 32.7 Å². The molecule has 0 spiro atoms. The number of methoxy groups -OCH3 is 1. The van der Waals surface area contributed by atoms with Crippen LogP contribution in [0.4, 0.5) is 16.2 Å². The second-order valence-corrected chi connectivity index (χ2v) is 7.11. The van der Waals surface area contributed by atoms with Crippen LogP contribution >= 0.6 is 0 Å². The highest BCUT2D eigenvalue weighted by atomic mass is 16.5. The van der Waals surface area contributed by atoms with E-state index in [1.54, 1.807) is 37.4 Å². The van der Waals surface area contributed by atoms with Gasteiger partial charge in [0.1, 0.15) is 11.8 Å². The summed E-state index contributed by atoms with van der Waals surface area (Å²) in [5, 5.41) is 5.68. The molecule has 29 heavy (non-hydrogen) atoms. The molecule has 7 nitrogen and oxygen atoms in total. The number of anilines is 2. The van der Waals surface area contributed by atoms with E-state index in [0.717, 1.165) is 12.0 Å². The highest BCUT2D eigenvalue weighted by molar-refractivity contribution is 6.01. The fraction of sp³-hybridized carbons (Fsp3) is 0.318. The van der Waals surface area contributed by atoms with Gasteiger partial charge in [-0.2, -0.15) is 0 Å². The lowest BCUT2D eigenvalue weighted by molar-refractivity contribution is -0.119. The van der Waals surface area contributed by atoms with Crippen molar-refractivity contribution in [3.05, 3.63) is 53.6 Å². The molecule has 0 aromatic heterocycles. The molecule has 3 rings (SSSR count). The number of hydrogen-bond donors (Lipinski definition) is 2. The van der Waals surface area contributed by atoms with Crippen molar-refractivity contribution >= 4 is 29.1 Å². The van der Waals surface area contributed by atoms with E-state index in [-0.39, 0.29) is 17.7 Å².